The van der Waals surface area contributed by atoms with Crippen molar-refractivity contribution in [2.45, 2.75) is 25.2 Å². The number of nitrogens with zero attached hydrogens (tertiary/aromatic N) is 3. The van der Waals surface area contributed by atoms with E-state index in [0.29, 0.717) is 0 Å². The lowest BCUT2D eigenvalue weighted by atomic mass is 9.91. The van der Waals surface area contributed by atoms with Crippen molar-refractivity contribution in [1.82, 2.24) is 20.3 Å². The van der Waals surface area contributed by atoms with E-state index < -0.39 is 5.97 Å². The highest BCUT2D eigenvalue weighted by atomic mass is 16.4. The molecule has 22 heavy (non-hydrogen) atoms. The van der Waals surface area contributed by atoms with E-state index in [1.165, 1.54) is 0 Å². The number of furan rings is 1. The number of aryl methyl sites for hydroxylation is 1. The van der Waals surface area contributed by atoms with Crippen molar-refractivity contribution < 1.29 is 14.3 Å². The summed E-state index contributed by atoms with van der Waals surface area (Å²) in [6.45, 7) is 2.57. The normalized spacial score (nSPS) is 22.2. The number of aromatic nitrogens is 3. The molecule has 7 nitrogen and oxygen atoms in total. The van der Waals surface area contributed by atoms with Gasteiger partial charge in [-0.2, -0.15) is 15.4 Å². The first-order valence-corrected chi connectivity index (χ1v) is 7.54. The molecule has 2 aromatic rings. The van der Waals surface area contributed by atoms with Crippen molar-refractivity contribution in [3.63, 3.8) is 0 Å². The number of likely N-dealkylation sites (tertiary alicyclic amines) is 1. The maximum Gasteiger partial charge on any atom is 0.303 e. The molecule has 0 saturated carbocycles. The maximum atomic E-state index is 11.1. The van der Waals surface area contributed by atoms with Gasteiger partial charge in [0.05, 0.1) is 24.6 Å². The number of carbonyl (C=O) groups is 1. The summed E-state index contributed by atoms with van der Waals surface area (Å²) in [7, 11) is 0. The molecule has 7 heteroatoms. The van der Waals surface area contributed by atoms with Crippen LogP contribution in [0.15, 0.2) is 29.0 Å². The molecule has 2 aromatic heterocycles. The topological polar surface area (TPSA) is 95.2 Å². The van der Waals surface area contributed by atoms with Gasteiger partial charge in [-0.1, -0.05) is 0 Å². The summed E-state index contributed by atoms with van der Waals surface area (Å²) in [5.74, 6) is 0.468. The van der Waals surface area contributed by atoms with Crippen LogP contribution in [0.2, 0.25) is 0 Å². The predicted molar refractivity (Wildman–Crippen MR) is 78.3 cm³/mol. The maximum absolute atomic E-state index is 11.1. The van der Waals surface area contributed by atoms with Gasteiger partial charge in [0.1, 0.15) is 5.76 Å². The molecule has 3 heterocycles. The zero-order valence-electron chi connectivity index (χ0n) is 12.3. The Bertz CT molecular complexity index is 582. The highest BCUT2D eigenvalue weighted by molar-refractivity contribution is 5.67. The van der Waals surface area contributed by atoms with E-state index in [2.05, 4.69) is 20.3 Å². The van der Waals surface area contributed by atoms with Crippen LogP contribution in [-0.2, 0) is 11.2 Å². The van der Waals surface area contributed by atoms with Crippen LogP contribution in [0.3, 0.4) is 0 Å². The van der Waals surface area contributed by atoms with Gasteiger partial charge in [0.25, 0.3) is 0 Å². The van der Waals surface area contributed by atoms with Crippen LogP contribution in [-0.4, -0.2) is 51.0 Å². The van der Waals surface area contributed by atoms with Gasteiger partial charge in [0.15, 0.2) is 0 Å². The van der Waals surface area contributed by atoms with Crippen LogP contribution in [0.1, 0.15) is 30.2 Å². The number of nitrogens with one attached hydrogen (secondary N) is 1. The van der Waals surface area contributed by atoms with Gasteiger partial charge in [-0.05, 0) is 31.0 Å². The minimum Gasteiger partial charge on any atom is -0.481 e. The molecule has 0 amide bonds. The standard InChI is InChI=1S/C15H20N4O3/c20-15(21)7-11-9-19(5-1-3-12-4-2-6-22-12)10-13(11)14-8-16-18-17-14/h2,4,6,8,11,13H,1,3,5,7,9-10H2,(H,20,21)(H,16,17,18)/t11-,13+/m0/s1. The summed E-state index contributed by atoms with van der Waals surface area (Å²) in [4.78, 5) is 13.4. The molecule has 0 aliphatic carbocycles. The van der Waals surface area contributed by atoms with E-state index in [4.69, 9.17) is 9.52 Å². The molecule has 2 N–H and O–H groups in total. The van der Waals surface area contributed by atoms with Crippen molar-refractivity contribution in [1.29, 1.82) is 0 Å². The Morgan fingerprint density at radius 2 is 2.41 bits per heavy atom. The summed E-state index contributed by atoms with van der Waals surface area (Å²) in [6, 6.07) is 3.88. The van der Waals surface area contributed by atoms with E-state index in [1.54, 1.807) is 12.5 Å². The monoisotopic (exact) mass is 304 g/mol. The van der Waals surface area contributed by atoms with E-state index >= 15 is 0 Å². The summed E-state index contributed by atoms with van der Waals surface area (Å²) >= 11 is 0. The SMILES string of the molecule is O=C(O)C[C@H]1CN(CCCc2ccco2)C[C@H]1c1cn[nH]n1. The molecular weight excluding hydrogens is 284 g/mol. The lowest BCUT2D eigenvalue weighted by Gasteiger charge is -2.14. The van der Waals surface area contributed by atoms with Crippen LogP contribution in [0.25, 0.3) is 0 Å². The Labute approximate surface area is 128 Å². The third-order valence-electron chi connectivity index (χ3n) is 4.24. The van der Waals surface area contributed by atoms with Crippen LogP contribution in [0.4, 0.5) is 0 Å². The molecule has 0 aromatic carbocycles. The molecule has 1 saturated heterocycles. The number of rotatable bonds is 7. The van der Waals surface area contributed by atoms with Gasteiger partial charge < -0.3 is 14.4 Å². The van der Waals surface area contributed by atoms with Gasteiger partial charge in [0, 0.05) is 25.4 Å². The highest BCUT2D eigenvalue weighted by Gasteiger charge is 2.36. The lowest BCUT2D eigenvalue weighted by Crippen LogP contribution is -2.23. The number of carboxylic acid groups (broad SMARTS) is 1. The predicted octanol–water partition coefficient (Wildman–Crippen LogP) is 1.52. The Kier molecular flexibility index (Phi) is 4.53. The molecule has 3 rings (SSSR count). The van der Waals surface area contributed by atoms with Crippen LogP contribution in [0, 0.1) is 5.92 Å². The van der Waals surface area contributed by atoms with Crippen LogP contribution in [0.5, 0.6) is 0 Å². The second-order valence-corrected chi connectivity index (χ2v) is 5.80. The first kappa shape index (κ1) is 14.8. The molecule has 0 unspecified atom stereocenters. The fraction of sp³-hybridized carbons (Fsp3) is 0.533. The van der Waals surface area contributed by atoms with Gasteiger partial charge in [-0.25, -0.2) is 0 Å². The fourth-order valence-electron chi connectivity index (χ4n) is 3.23. The minimum absolute atomic E-state index is 0.0891. The second kappa shape index (κ2) is 6.74. The summed E-state index contributed by atoms with van der Waals surface area (Å²) in [5.41, 5.74) is 0.861. The number of H-pyrrole nitrogens is 1. The van der Waals surface area contributed by atoms with Gasteiger partial charge in [-0.3, -0.25) is 4.79 Å². The largest absolute Gasteiger partial charge is 0.481 e. The average Bonchev–Trinajstić information content (AvgIpc) is 3.18. The highest BCUT2D eigenvalue weighted by Crippen LogP contribution is 2.33. The molecule has 1 fully saturated rings. The first-order chi connectivity index (χ1) is 10.7. The molecule has 0 spiro atoms. The molecule has 1 aliphatic rings. The molecule has 0 bridgehead atoms. The van der Waals surface area contributed by atoms with Crippen molar-refractivity contribution in [2.75, 3.05) is 19.6 Å². The van der Waals surface area contributed by atoms with Crippen molar-refractivity contribution in [2.24, 2.45) is 5.92 Å². The molecule has 0 radical (unpaired) electrons. The summed E-state index contributed by atoms with van der Waals surface area (Å²) in [6.07, 6.45) is 5.47. The summed E-state index contributed by atoms with van der Waals surface area (Å²) < 4.78 is 5.33. The molecule has 2 atom stereocenters. The Morgan fingerprint density at radius 3 is 3.09 bits per heavy atom. The second-order valence-electron chi connectivity index (χ2n) is 5.80. The quantitative estimate of drug-likeness (QED) is 0.805. The zero-order valence-corrected chi connectivity index (χ0v) is 12.3. The minimum atomic E-state index is -0.754. The number of aliphatic carboxylic acids is 1. The molecule has 1 aliphatic heterocycles. The van der Waals surface area contributed by atoms with Gasteiger partial charge in [-0.15, -0.1) is 0 Å². The average molecular weight is 304 g/mol. The fourth-order valence-corrected chi connectivity index (χ4v) is 3.23. The van der Waals surface area contributed by atoms with Crippen molar-refractivity contribution in [3.8, 4) is 0 Å². The third-order valence-corrected chi connectivity index (χ3v) is 4.24. The number of aromatic amines is 1. The number of carboxylic acids is 1. The molecule has 118 valence electrons. The number of hydrogen-bond acceptors (Lipinski definition) is 5. The smallest absolute Gasteiger partial charge is 0.303 e. The van der Waals surface area contributed by atoms with E-state index in [1.807, 2.05) is 12.1 Å². The van der Waals surface area contributed by atoms with Gasteiger partial charge >= 0.3 is 5.97 Å². The van der Waals surface area contributed by atoms with Crippen molar-refractivity contribution >= 4 is 5.97 Å². The van der Waals surface area contributed by atoms with Crippen molar-refractivity contribution in [3.05, 3.63) is 36.0 Å². The third kappa shape index (κ3) is 3.54. The summed E-state index contributed by atoms with van der Waals surface area (Å²) in [5, 5.41) is 19.7. The first-order valence-electron chi connectivity index (χ1n) is 7.54. The van der Waals surface area contributed by atoms with Crippen LogP contribution >= 0.6 is 0 Å². The van der Waals surface area contributed by atoms with Crippen LogP contribution < -0.4 is 0 Å². The Hall–Kier alpha value is -2.15. The van der Waals surface area contributed by atoms with E-state index in [9.17, 15) is 4.79 Å². The number of hydrogen-bond donors (Lipinski definition) is 2. The Morgan fingerprint density at radius 1 is 1.50 bits per heavy atom. The van der Waals surface area contributed by atoms with Gasteiger partial charge in [0.2, 0.25) is 0 Å². The molecular formula is C15H20N4O3. The van der Waals surface area contributed by atoms with E-state index in [-0.39, 0.29) is 18.3 Å². The Balaban J connectivity index is 1.56. The zero-order chi connectivity index (χ0) is 15.4. The lowest BCUT2D eigenvalue weighted by molar-refractivity contribution is -0.138. The van der Waals surface area contributed by atoms with E-state index in [0.717, 1.165) is 43.9 Å².